The van der Waals surface area contributed by atoms with Crippen molar-refractivity contribution in [2.45, 2.75) is 27.3 Å². The molecule has 2 amide bonds. The predicted molar refractivity (Wildman–Crippen MR) is 122 cm³/mol. The van der Waals surface area contributed by atoms with E-state index in [1.54, 1.807) is 33.9 Å². The summed E-state index contributed by atoms with van der Waals surface area (Å²) in [7, 11) is 0. The Balaban J connectivity index is 1.90. The summed E-state index contributed by atoms with van der Waals surface area (Å²) in [6, 6.07) is 12.7. The maximum absolute atomic E-state index is 13.0. The lowest BCUT2D eigenvalue weighted by atomic mass is 10.1. The van der Waals surface area contributed by atoms with Crippen molar-refractivity contribution in [2.75, 3.05) is 18.4 Å². The van der Waals surface area contributed by atoms with E-state index in [0.29, 0.717) is 24.2 Å². The van der Waals surface area contributed by atoms with E-state index in [-0.39, 0.29) is 18.0 Å². The number of halogens is 1. The van der Waals surface area contributed by atoms with E-state index in [0.717, 1.165) is 15.6 Å². The number of rotatable bonds is 7. The van der Waals surface area contributed by atoms with Crippen molar-refractivity contribution < 1.29 is 14.4 Å². The number of carbonyl (C=O) groups excluding carboxylic acids is 3. The molecule has 0 bridgehead atoms. The lowest BCUT2D eigenvalue weighted by Crippen LogP contribution is -2.33. The Hall–Kier alpha value is -2.93. The van der Waals surface area contributed by atoms with Gasteiger partial charge >= 0.3 is 0 Å². The number of aryl methyl sites for hydroxylation is 1. The largest absolute Gasteiger partial charge is 0.342 e. The highest BCUT2D eigenvalue weighted by molar-refractivity contribution is 9.10. The number of hydrogen-bond donors (Lipinski definition) is 1. The number of likely N-dealkylation sites (N-methyl/N-ethyl adjacent to an activating group) is 1. The third kappa shape index (κ3) is 4.46. The Labute approximate surface area is 184 Å². The lowest BCUT2D eigenvalue weighted by molar-refractivity contribution is -0.131. The molecule has 0 unspecified atom stereocenters. The first-order chi connectivity index (χ1) is 14.3. The molecule has 0 aliphatic heterocycles. The minimum Gasteiger partial charge on any atom is -0.342 e. The van der Waals surface area contributed by atoms with Crippen molar-refractivity contribution in [1.82, 2.24) is 9.47 Å². The molecule has 0 aliphatic rings. The van der Waals surface area contributed by atoms with Gasteiger partial charge in [0.1, 0.15) is 6.54 Å². The van der Waals surface area contributed by atoms with E-state index in [2.05, 4.69) is 21.2 Å². The standard InChI is InChI=1S/C23H24BrN3O3/c1-4-26(5-2)21(28)14-27-13-18(17-8-6-7-9-20(17)27)22(29)23(30)25-19-11-10-16(24)12-15(19)3/h6-13H,4-5,14H2,1-3H3,(H,25,30). The molecule has 0 saturated heterocycles. The predicted octanol–water partition coefficient (Wildman–Crippen LogP) is 4.40. The summed E-state index contributed by atoms with van der Waals surface area (Å²) in [4.78, 5) is 39.9. The number of amides is 2. The van der Waals surface area contributed by atoms with Gasteiger partial charge < -0.3 is 14.8 Å². The van der Waals surface area contributed by atoms with Gasteiger partial charge in [-0.3, -0.25) is 14.4 Å². The van der Waals surface area contributed by atoms with Crippen LogP contribution < -0.4 is 5.32 Å². The number of Topliss-reactive ketones (excluding diaryl/α,β-unsaturated/α-hetero) is 1. The van der Waals surface area contributed by atoms with Crippen LogP contribution in [0, 0.1) is 6.92 Å². The van der Waals surface area contributed by atoms with E-state index in [1.807, 2.05) is 45.0 Å². The van der Waals surface area contributed by atoms with Crippen LogP contribution in [0.2, 0.25) is 0 Å². The highest BCUT2D eigenvalue weighted by Gasteiger charge is 2.23. The van der Waals surface area contributed by atoms with Crippen molar-refractivity contribution >= 4 is 50.1 Å². The molecule has 0 radical (unpaired) electrons. The molecule has 0 atom stereocenters. The van der Waals surface area contributed by atoms with Gasteiger partial charge in [-0.25, -0.2) is 0 Å². The van der Waals surface area contributed by atoms with E-state index < -0.39 is 11.7 Å². The fourth-order valence-corrected chi connectivity index (χ4v) is 3.92. The monoisotopic (exact) mass is 469 g/mol. The maximum Gasteiger partial charge on any atom is 0.296 e. The summed E-state index contributed by atoms with van der Waals surface area (Å²) in [5, 5.41) is 3.34. The van der Waals surface area contributed by atoms with Crippen LogP contribution in [-0.4, -0.2) is 40.2 Å². The molecule has 30 heavy (non-hydrogen) atoms. The number of para-hydroxylation sites is 1. The molecule has 0 aliphatic carbocycles. The van der Waals surface area contributed by atoms with Crippen molar-refractivity contribution in [2.24, 2.45) is 0 Å². The first-order valence-corrected chi connectivity index (χ1v) is 10.6. The summed E-state index contributed by atoms with van der Waals surface area (Å²) in [5.74, 6) is -1.38. The van der Waals surface area contributed by atoms with E-state index >= 15 is 0 Å². The topological polar surface area (TPSA) is 71.4 Å². The summed E-state index contributed by atoms with van der Waals surface area (Å²) in [6.07, 6.45) is 1.60. The number of hydrogen-bond acceptors (Lipinski definition) is 3. The van der Waals surface area contributed by atoms with Gasteiger partial charge in [0, 0.05) is 40.3 Å². The van der Waals surface area contributed by atoms with Crippen LogP contribution in [0.3, 0.4) is 0 Å². The molecular formula is C23H24BrN3O3. The van der Waals surface area contributed by atoms with Crippen molar-refractivity contribution in [3.05, 3.63) is 64.3 Å². The van der Waals surface area contributed by atoms with E-state index in [9.17, 15) is 14.4 Å². The summed E-state index contributed by atoms with van der Waals surface area (Å²) in [6.45, 7) is 7.07. The Kier molecular flexibility index (Phi) is 6.72. The Bertz CT molecular complexity index is 1120. The average molecular weight is 470 g/mol. The molecule has 0 saturated carbocycles. The van der Waals surface area contributed by atoms with Gasteiger partial charge in [-0.05, 0) is 50.6 Å². The Morgan fingerprint density at radius 3 is 2.43 bits per heavy atom. The second-order valence-electron chi connectivity index (χ2n) is 7.00. The van der Waals surface area contributed by atoms with Crippen molar-refractivity contribution in [3.8, 4) is 0 Å². The molecule has 1 N–H and O–H groups in total. The molecule has 1 aromatic heterocycles. The number of fused-ring (bicyclic) bond motifs is 1. The van der Waals surface area contributed by atoms with Gasteiger partial charge in [0.05, 0.1) is 5.56 Å². The summed E-state index contributed by atoms with van der Waals surface area (Å²) >= 11 is 3.38. The zero-order valence-corrected chi connectivity index (χ0v) is 18.8. The van der Waals surface area contributed by atoms with E-state index in [1.165, 1.54) is 0 Å². The number of ketones is 1. The third-order valence-corrected chi connectivity index (χ3v) is 5.59. The van der Waals surface area contributed by atoms with Crippen LogP contribution >= 0.6 is 15.9 Å². The van der Waals surface area contributed by atoms with Gasteiger partial charge in [-0.15, -0.1) is 0 Å². The molecule has 156 valence electrons. The zero-order chi connectivity index (χ0) is 21.8. The lowest BCUT2D eigenvalue weighted by Gasteiger charge is -2.19. The highest BCUT2D eigenvalue weighted by Crippen LogP contribution is 2.24. The third-order valence-electron chi connectivity index (χ3n) is 5.10. The van der Waals surface area contributed by atoms with Crippen LogP contribution in [0.5, 0.6) is 0 Å². The zero-order valence-electron chi connectivity index (χ0n) is 17.2. The average Bonchev–Trinajstić information content (AvgIpc) is 3.09. The number of nitrogens with one attached hydrogen (secondary N) is 1. The molecule has 2 aromatic carbocycles. The van der Waals surface area contributed by atoms with Crippen LogP contribution in [0.25, 0.3) is 10.9 Å². The first-order valence-electron chi connectivity index (χ1n) is 9.83. The first kappa shape index (κ1) is 21.8. The summed E-state index contributed by atoms with van der Waals surface area (Å²) < 4.78 is 2.63. The van der Waals surface area contributed by atoms with Gasteiger partial charge in [-0.1, -0.05) is 34.1 Å². The SMILES string of the molecule is CCN(CC)C(=O)Cn1cc(C(=O)C(=O)Nc2ccc(Br)cc2C)c2ccccc21. The van der Waals surface area contributed by atoms with Crippen molar-refractivity contribution in [3.63, 3.8) is 0 Å². The molecule has 6 nitrogen and oxygen atoms in total. The Morgan fingerprint density at radius 1 is 1.07 bits per heavy atom. The maximum atomic E-state index is 13.0. The van der Waals surface area contributed by atoms with Gasteiger partial charge in [0.2, 0.25) is 5.91 Å². The van der Waals surface area contributed by atoms with Crippen molar-refractivity contribution in [1.29, 1.82) is 0 Å². The smallest absolute Gasteiger partial charge is 0.296 e. The number of carbonyl (C=O) groups is 3. The molecule has 3 rings (SSSR count). The van der Waals surface area contributed by atoms with Crippen LogP contribution in [0.4, 0.5) is 5.69 Å². The number of aromatic nitrogens is 1. The number of anilines is 1. The molecule has 0 spiro atoms. The minimum atomic E-state index is -0.710. The molecule has 7 heteroatoms. The summed E-state index contributed by atoms with van der Waals surface area (Å²) in [5.41, 5.74) is 2.45. The second-order valence-corrected chi connectivity index (χ2v) is 7.91. The molecule has 0 fully saturated rings. The number of benzene rings is 2. The van der Waals surface area contributed by atoms with Gasteiger partial charge in [-0.2, -0.15) is 0 Å². The minimum absolute atomic E-state index is 0.0327. The fraction of sp³-hybridized carbons (Fsp3) is 0.261. The fourth-order valence-electron chi connectivity index (χ4n) is 3.45. The molecule has 1 heterocycles. The van der Waals surface area contributed by atoms with Crippen LogP contribution in [-0.2, 0) is 16.1 Å². The Morgan fingerprint density at radius 2 is 1.77 bits per heavy atom. The van der Waals surface area contributed by atoms with Crippen LogP contribution in [0.15, 0.2) is 53.1 Å². The quantitative estimate of drug-likeness (QED) is 0.411. The second kappa shape index (κ2) is 9.26. The molecule has 3 aromatic rings. The van der Waals surface area contributed by atoms with E-state index in [4.69, 9.17) is 0 Å². The van der Waals surface area contributed by atoms with Crippen LogP contribution in [0.1, 0.15) is 29.8 Å². The molecular weight excluding hydrogens is 446 g/mol. The van der Waals surface area contributed by atoms with Gasteiger partial charge in [0.25, 0.3) is 11.7 Å². The highest BCUT2D eigenvalue weighted by atomic mass is 79.9. The normalized spacial score (nSPS) is 10.8. The number of nitrogens with zero attached hydrogens (tertiary/aromatic N) is 2. The van der Waals surface area contributed by atoms with Gasteiger partial charge in [0.15, 0.2) is 0 Å².